The van der Waals surface area contributed by atoms with Crippen LogP contribution in [0.15, 0.2) is 18.2 Å². The number of nitro benzene ring substituents is 1. The van der Waals surface area contributed by atoms with Gasteiger partial charge in [0.25, 0.3) is 18.0 Å². The Kier molecular flexibility index (Phi) is 5.93. The first kappa shape index (κ1) is 16.4. The van der Waals surface area contributed by atoms with E-state index in [0.717, 1.165) is 17.0 Å². The van der Waals surface area contributed by atoms with Crippen LogP contribution >= 0.6 is 15.9 Å². The molecule has 0 heterocycles. The number of nitrogens with zero attached hydrogens (tertiary/aromatic N) is 2. The molecule has 1 aromatic rings. The van der Waals surface area contributed by atoms with Crippen LogP contribution in [0.3, 0.4) is 0 Å². The third-order valence-corrected chi connectivity index (χ3v) is 2.74. The van der Waals surface area contributed by atoms with E-state index >= 15 is 0 Å². The number of hydrogen-bond acceptors (Lipinski definition) is 3. The van der Waals surface area contributed by atoms with Crippen LogP contribution in [0.4, 0.5) is 18.9 Å². The number of amides is 1. The molecule has 0 aliphatic carbocycles. The zero-order valence-electron chi connectivity index (χ0n) is 10.1. The Morgan fingerprint density at radius 2 is 2.10 bits per heavy atom. The van der Waals surface area contributed by atoms with Crippen LogP contribution < -0.4 is 0 Å². The van der Waals surface area contributed by atoms with Crippen molar-refractivity contribution in [2.75, 3.05) is 18.4 Å². The van der Waals surface area contributed by atoms with Crippen LogP contribution in [0, 0.1) is 15.9 Å². The van der Waals surface area contributed by atoms with Crippen molar-refractivity contribution in [3.8, 4) is 0 Å². The Labute approximate surface area is 120 Å². The molecule has 0 radical (unpaired) electrons. The van der Waals surface area contributed by atoms with Gasteiger partial charge in [0.2, 0.25) is 0 Å². The predicted octanol–water partition coefficient (Wildman–Crippen LogP) is 2.84. The summed E-state index contributed by atoms with van der Waals surface area (Å²) in [6.07, 6.45) is -2.79. The number of carbonyl (C=O) groups is 1. The minimum absolute atomic E-state index is 0.0726. The quantitative estimate of drug-likeness (QED) is 0.448. The fourth-order valence-electron chi connectivity index (χ4n) is 1.55. The predicted molar refractivity (Wildman–Crippen MR) is 68.8 cm³/mol. The smallest absolute Gasteiger partial charge is 0.282 e. The van der Waals surface area contributed by atoms with Gasteiger partial charge in [-0.3, -0.25) is 14.9 Å². The Morgan fingerprint density at radius 1 is 1.45 bits per heavy atom. The third-order valence-electron chi connectivity index (χ3n) is 2.39. The largest absolute Gasteiger partial charge is 0.332 e. The molecule has 0 aliphatic rings. The van der Waals surface area contributed by atoms with E-state index in [-0.39, 0.29) is 11.9 Å². The molecule has 0 saturated carbocycles. The van der Waals surface area contributed by atoms with Crippen molar-refractivity contribution in [2.24, 2.45) is 0 Å². The van der Waals surface area contributed by atoms with Crippen molar-refractivity contribution in [1.82, 2.24) is 4.90 Å². The van der Waals surface area contributed by atoms with Crippen molar-refractivity contribution in [1.29, 1.82) is 0 Å². The molecule has 0 saturated heterocycles. The topological polar surface area (TPSA) is 63.4 Å². The van der Waals surface area contributed by atoms with Crippen molar-refractivity contribution in [3.05, 3.63) is 39.7 Å². The lowest BCUT2D eigenvalue weighted by Crippen LogP contribution is -2.36. The number of hydrogen-bond donors (Lipinski definition) is 0. The molecular weight excluding hydrogens is 345 g/mol. The number of benzene rings is 1. The van der Waals surface area contributed by atoms with Crippen LogP contribution in [0.25, 0.3) is 0 Å². The summed E-state index contributed by atoms with van der Waals surface area (Å²) in [6, 6.07) is 2.33. The van der Waals surface area contributed by atoms with Gasteiger partial charge in [-0.05, 0) is 12.1 Å². The fourth-order valence-corrected chi connectivity index (χ4v) is 1.98. The van der Waals surface area contributed by atoms with E-state index in [2.05, 4.69) is 15.9 Å². The summed E-state index contributed by atoms with van der Waals surface area (Å²) < 4.78 is 37.9. The van der Waals surface area contributed by atoms with Crippen molar-refractivity contribution < 1.29 is 22.9 Å². The van der Waals surface area contributed by atoms with Gasteiger partial charge in [0.05, 0.1) is 11.5 Å². The maximum atomic E-state index is 13.1. The van der Waals surface area contributed by atoms with Gasteiger partial charge < -0.3 is 4.90 Å². The van der Waals surface area contributed by atoms with Crippen molar-refractivity contribution in [3.63, 3.8) is 0 Å². The van der Waals surface area contributed by atoms with Crippen LogP contribution in [0.1, 0.15) is 10.4 Å². The number of nitro groups is 1. The standard InChI is InChI=1S/C11H10BrF3N2O3/c12-3-4-16(6-10(14)15)11(18)8-5-7(13)1-2-9(8)17(19)20/h1-2,5,10H,3-4,6H2. The molecular formula is C11H10BrF3N2O3. The minimum Gasteiger partial charge on any atom is -0.332 e. The van der Waals surface area contributed by atoms with E-state index in [1.807, 2.05) is 0 Å². The van der Waals surface area contributed by atoms with Crippen molar-refractivity contribution in [2.45, 2.75) is 6.43 Å². The van der Waals surface area contributed by atoms with E-state index in [1.165, 1.54) is 0 Å². The first-order valence-corrected chi connectivity index (χ1v) is 6.56. The molecule has 5 nitrogen and oxygen atoms in total. The van der Waals surface area contributed by atoms with Crippen LogP contribution in [0.2, 0.25) is 0 Å². The van der Waals surface area contributed by atoms with Gasteiger partial charge in [-0.15, -0.1) is 0 Å². The molecule has 20 heavy (non-hydrogen) atoms. The zero-order chi connectivity index (χ0) is 15.3. The highest BCUT2D eigenvalue weighted by molar-refractivity contribution is 9.09. The Bertz CT molecular complexity index is 514. The van der Waals surface area contributed by atoms with E-state index in [0.29, 0.717) is 6.07 Å². The average molecular weight is 355 g/mol. The van der Waals surface area contributed by atoms with Crippen LogP contribution in [-0.2, 0) is 0 Å². The second-order valence-corrected chi connectivity index (χ2v) is 4.54. The lowest BCUT2D eigenvalue weighted by molar-refractivity contribution is -0.385. The summed E-state index contributed by atoms with van der Waals surface area (Å²) in [5.74, 6) is -1.86. The highest BCUT2D eigenvalue weighted by atomic mass is 79.9. The molecule has 0 fully saturated rings. The average Bonchev–Trinajstić information content (AvgIpc) is 2.36. The fraction of sp³-hybridized carbons (Fsp3) is 0.364. The molecule has 0 aromatic heterocycles. The molecule has 0 spiro atoms. The molecule has 0 bridgehead atoms. The first-order chi connectivity index (χ1) is 9.36. The summed E-state index contributed by atoms with van der Waals surface area (Å²) >= 11 is 3.00. The normalized spacial score (nSPS) is 10.7. The summed E-state index contributed by atoms with van der Waals surface area (Å²) in [6.45, 7) is -0.949. The molecule has 1 amide bonds. The van der Waals surface area contributed by atoms with Gasteiger partial charge in [-0.25, -0.2) is 13.2 Å². The lowest BCUT2D eigenvalue weighted by atomic mass is 10.1. The van der Waals surface area contributed by atoms with Gasteiger partial charge in [0.1, 0.15) is 11.4 Å². The molecule has 1 aromatic carbocycles. The van der Waals surface area contributed by atoms with Gasteiger partial charge in [-0.1, -0.05) is 15.9 Å². The Morgan fingerprint density at radius 3 is 2.60 bits per heavy atom. The number of rotatable bonds is 6. The lowest BCUT2D eigenvalue weighted by Gasteiger charge is -2.21. The zero-order valence-corrected chi connectivity index (χ0v) is 11.6. The SMILES string of the molecule is O=C(c1cc(F)ccc1[N+](=O)[O-])N(CCBr)CC(F)F. The van der Waals surface area contributed by atoms with E-state index in [9.17, 15) is 28.1 Å². The molecule has 9 heteroatoms. The minimum atomic E-state index is -2.79. The molecule has 0 unspecified atom stereocenters. The van der Waals surface area contributed by atoms with Crippen LogP contribution in [-0.4, -0.2) is 40.6 Å². The maximum absolute atomic E-state index is 13.1. The first-order valence-electron chi connectivity index (χ1n) is 5.44. The second kappa shape index (κ2) is 7.22. The van der Waals surface area contributed by atoms with Gasteiger partial charge >= 0.3 is 0 Å². The van der Waals surface area contributed by atoms with E-state index < -0.39 is 40.9 Å². The van der Waals surface area contributed by atoms with Crippen LogP contribution in [0.5, 0.6) is 0 Å². The van der Waals surface area contributed by atoms with E-state index in [4.69, 9.17) is 0 Å². The Balaban J connectivity index is 3.16. The highest BCUT2D eigenvalue weighted by Gasteiger charge is 2.26. The summed E-state index contributed by atoms with van der Waals surface area (Å²) in [4.78, 5) is 22.7. The summed E-state index contributed by atoms with van der Waals surface area (Å²) in [7, 11) is 0. The molecule has 0 N–H and O–H groups in total. The number of carbonyl (C=O) groups excluding carboxylic acids is 1. The van der Waals surface area contributed by atoms with Gasteiger partial charge in [0.15, 0.2) is 0 Å². The maximum Gasteiger partial charge on any atom is 0.282 e. The summed E-state index contributed by atoms with van der Waals surface area (Å²) in [5.41, 5.74) is -1.16. The Hall–Kier alpha value is -1.64. The van der Waals surface area contributed by atoms with Crippen molar-refractivity contribution >= 4 is 27.5 Å². The summed E-state index contributed by atoms with van der Waals surface area (Å²) in [5, 5.41) is 11.0. The van der Waals surface area contributed by atoms with E-state index in [1.54, 1.807) is 0 Å². The third kappa shape index (κ3) is 4.19. The number of halogens is 4. The highest BCUT2D eigenvalue weighted by Crippen LogP contribution is 2.21. The van der Waals surface area contributed by atoms with Gasteiger partial charge in [-0.2, -0.15) is 0 Å². The second-order valence-electron chi connectivity index (χ2n) is 3.75. The number of alkyl halides is 3. The molecule has 110 valence electrons. The van der Waals surface area contributed by atoms with Gasteiger partial charge in [0, 0.05) is 17.9 Å². The molecule has 1 rings (SSSR count). The monoisotopic (exact) mass is 354 g/mol. The molecule has 0 atom stereocenters. The molecule has 0 aliphatic heterocycles.